The molecule has 0 aliphatic heterocycles. The fourth-order valence-electron chi connectivity index (χ4n) is 1.13. The SMILES string of the molecule is Cc1cc(N)cc(C=CCS)c1. The largest absolute Gasteiger partial charge is 0.399 e. The molecular formula is C10H13NS. The maximum Gasteiger partial charge on any atom is 0.0322 e. The van der Waals surface area contributed by atoms with Crippen LogP contribution in [0.4, 0.5) is 5.69 Å². The van der Waals surface area contributed by atoms with Crippen LogP contribution in [0.1, 0.15) is 11.1 Å². The van der Waals surface area contributed by atoms with E-state index in [1.807, 2.05) is 31.2 Å². The molecule has 0 aliphatic carbocycles. The smallest absolute Gasteiger partial charge is 0.0322 e. The van der Waals surface area contributed by atoms with Gasteiger partial charge in [0.2, 0.25) is 0 Å². The molecule has 1 aromatic rings. The molecule has 0 fully saturated rings. The lowest BCUT2D eigenvalue weighted by atomic mass is 10.1. The average Bonchev–Trinajstić information content (AvgIpc) is 1.99. The van der Waals surface area contributed by atoms with Crippen LogP contribution in [-0.4, -0.2) is 5.75 Å². The highest BCUT2D eigenvalue weighted by molar-refractivity contribution is 7.80. The predicted molar refractivity (Wildman–Crippen MR) is 58.5 cm³/mol. The first-order valence-corrected chi connectivity index (χ1v) is 4.50. The van der Waals surface area contributed by atoms with Gasteiger partial charge in [0.05, 0.1) is 0 Å². The van der Waals surface area contributed by atoms with Crippen molar-refractivity contribution in [3.05, 3.63) is 35.4 Å². The molecule has 1 rings (SSSR count). The zero-order chi connectivity index (χ0) is 8.97. The predicted octanol–water partition coefficient (Wildman–Crippen LogP) is 2.52. The van der Waals surface area contributed by atoms with Crippen LogP contribution < -0.4 is 5.73 Å². The van der Waals surface area contributed by atoms with Gasteiger partial charge in [-0.2, -0.15) is 12.6 Å². The number of rotatable bonds is 2. The van der Waals surface area contributed by atoms with Gasteiger partial charge in [-0.1, -0.05) is 18.2 Å². The standard InChI is InChI=1S/C10H13NS/c1-8-5-9(3-2-4-12)7-10(11)6-8/h2-3,5-7,12H,4,11H2,1H3. The summed E-state index contributed by atoms with van der Waals surface area (Å²) in [6, 6.07) is 6.00. The van der Waals surface area contributed by atoms with Crippen molar-refractivity contribution in [2.24, 2.45) is 0 Å². The second-order valence-electron chi connectivity index (χ2n) is 2.76. The normalized spacial score (nSPS) is 10.8. The van der Waals surface area contributed by atoms with Gasteiger partial charge in [0.15, 0.2) is 0 Å². The van der Waals surface area contributed by atoms with Gasteiger partial charge in [-0.25, -0.2) is 0 Å². The van der Waals surface area contributed by atoms with Gasteiger partial charge >= 0.3 is 0 Å². The Balaban J connectivity index is 2.93. The Morgan fingerprint density at radius 2 is 2.17 bits per heavy atom. The van der Waals surface area contributed by atoms with Crippen LogP contribution in [0.3, 0.4) is 0 Å². The van der Waals surface area contributed by atoms with Crippen molar-refractivity contribution in [2.75, 3.05) is 11.5 Å². The fraction of sp³-hybridized carbons (Fsp3) is 0.200. The van der Waals surface area contributed by atoms with Gasteiger partial charge < -0.3 is 5.73 Å². The molecule has 0 aliphatic rings. The third-order valence-corrected chi connectivity index (χ3v) is 1.75. The van der Waals surface area contributed by atoms with Crippen molar-refractivity contribution in [3.63, 3.8) is 0 Å². The van der Waals surface area contributed by atoms with E-state index in [0.29, 0.717) is 0 Å². The van der Waals surface area contributed by atoms with Crippen molar-refractivity contribution < 1.29 is 0 Å². The van der Waals surface area contributed by atoms with E-state index in [0.717, 1.165) is 17.0 Å². The summed E-state index contributed by atoms with van der Waals surface area (Å²) in [6.45, 7) is 2.04. The minimum Gasteiger partial charge on any atom is -0.399 e. The fourth-order valence-corrected chi connectivity index (χ4v) is 1.23. The number of aryl methyl sites for hydroxylation is 1. The van der Waals surface area contributed by atoms with E-state index in [1.165, 1.54) is 5.56 Å². The molecule has 64 valence electrons. The van der Waals surface area contributed by atoms with E-state index >= 15 is 0 Å². The number of nitrogens with two attached hydrogens (primary N) is 1. The lowest BCUT2D eigenvalue weighted by Gasteiger charge is -1.99. The topological polar surface area (TPSA) is 26.0 Å². The monoisotopic (exact) mass is 179 g/mol. The maximum atomic E-state index is 5.68. The first kappa shape index (κ1) is 9.20. The Bertz CT molecular complexity index is 272. The van der Waals surface area contributed by atoms with Gasteiger partial charge in [0, 0.05) is 11.4 Å². The summed E-state index contributed by atoms with van der Waals surface area (Å²) in [5.41, 5.74) is 8.82. The van der Waals surface area contributed by atoms with Crippen molar-refractivity contribution in [2.45, 2.75) is 6.92 Å². The molecule has 0 atom stereocenters. The van der Waals surface area contributed by atoms with Gasteiger partial charge in [-0.15, -0.1) is 0 Å². The van der Waals surface area contributed by atoms with Gasteiger partial charge in [-0.3, -0.25) is 0 Å². The molecule has 0 spiro atoms. The van der Waals surface area contributed by atoms with Crippen LogP contribution in [0, 0.1) is 6.92 Å². The molecule has 0 bridgehead atoms. The molecule has 1 nitrogen and oxygen atoms in total. The maximum absolute atomic E-state index is 5.68. The van der Waals surface area contributed by atoms with E-state index in [4.69, 9.17) is 5.73 Å². The summed E-state index contributed by atoms with van der Waals surface area (Å²) >= 11 is 4.08. The van der Waals surface area contributed by atoms with Crippen molar-refractivity contribution in [1.82, 2.24) is 0 Å². The van der Waals surface area contributed by atoms with Crippen LogP contribution in [-0.2, 0) is 0 Å². The van der Waals surface area contributed by atoms with Crippen LogP contribution >= 0.6 is 12.6 Å². The average molecular weight is 179 g/mol. The highest BCUT2D eigenvalue weighted by Crippen LogP contribution is 2.12. The minimum absolute atomic E-state index is 0.758. The second-order valence-corrected chi connectivity index (χ2v) is 3.13. The summed E-state index contributed by atoms with van der Waals surface area (Å²) in [7, 11) is 0. The number of hydrogen-bond donors (Lipinski definition) is 2. The number of hydrogen-bond acceptors (Lipinski definition) is 2. The number of nitrogen functional groups attached to an aromatic ring is 1. The molecule has 0 saturated carbocycles. The first-order valence-electron chi connectivity index (χ1n) is 3.87. The second kappa shape index (κ2) is 4.21. The Labute approximate surface area is 78.7 Å². The van der Waals surface area contributed by atoms with E-state index in [1.54, 1.807) is 0 Å². The van der Waals surface area contributed by atoms with Crippen molar-refractivity contribution >= 4 is 24.4 Å². The molecule has 0 saturated heterocycles. The summed E-state index contributed by atoms with van der Waals surface area (Å²) in [6.07, 6.45) is 4.02. The van der Waals surface area contributed by atoms with Crippen molar-refractivity contribution in [3.8, 4) is 0 Å². The van der Waals surface area contributed by atoms with Gasteiger partial charge in [0.1, 0.15) is 0 Å². The van der Waals surface area contributed by atoms with E-state index in [9.17, 15) is 0 Å². The minimum atomic E-state index is 0.758. The third-order valence-electron chi connectivity index (χ3n) is 1.54. The Morgan fingerprint density at radius 1 is 1.42 bits per heavy atom. The van der Waals surface area contributed by atoms with E-state index < -0.39 is 0 Å². The van der Waals surface area contributed by atoms with E-state index in [2.05, 4.69) is 18.7 Å². The number of anilines is 1. The molecule has 0 heterocycles. The number of thiol groups is 1. The number of benzene rings is 1. The van der Waals surface area contributed by atoms with Gasteiger partial charge in [-0.05, 0) is 30.2 Å². The molecule has 2 heteroatoms. The highest BCUT2D eigenvalue weighted by Gasteiger charge is 1.91. The molecule has 1 aromatic carbocycles. The zero-order valence-corrected chi connectivity index (χ0v) is 8.01. The Morgan fingerprint density at radius 3 is 2.75 bits per heavy atom. The van der Waals surface area contributed by atoms with Gasteiger partial charge in [0.25, 0.3) is 0 Å². The molecule has 0 amide bonds. The molecule has 12 heavy (non-hydrogen) atoms. The van der Waals surface area contributed by atoms with E-state index in [-0.39, 0.29) is 0 Å². The lowest BCUT2D eigenvalue weighted by Crippen LogP contribution is -1.86. The molecular weight excluding hydrogens is 166 g/mol. The molecule has 0 aromatic heterocycles. The quantitative estimate of drug-likeness (QED) is 0.529. The summed E-state index contributed by atoms with van der Waals surface area (Å²) in [4.78, 5) is 0. The summed E-state index contributed by atoms with van der Waals surface area (Å²) < 4.78 is 0. The highest BCUT2D eigenvalue weighted by atomic mass is 32.1. The Hall–Kier alpha value is -0.890. The summed E-state index contributed by atoms with van der Waals surface area (Å²) in [5.74, 6) is 0.758. The zero-order valence-electron chi connectivity index (χ0n) is 7.12. The molecule has 2 N–H and O–H groups in total. The van der Waals surface area contributed by atoms with Crippen molar-refractivity contribution in [1.29, 1.82) is 0 Å². The Kier molecular flexibility index (Phi) is 3.23. The van der Waals surface area contributed by atoms with Crippen LogP contribution in [0.2, 0.25) is 0 Å². The molecule has 0 unspecified atom stereocenters. The first-order chi connectivity index (χ1) is 5.72. The van der Waals surface area contributed by atoms with Crippen LogP contribution in [0.15, 0.2) is 24.3 Å². The lowest BCUT2D eigenvalue weighted by molar-refractivity contribution is 1.46. The summed E-state index contributed by atoms with van der Waals surface area (Å²) in [5, 5.41) is 0. The van der Waals surface area contributed by atoms with Crippen LogP contribution in [0.25, 0.3) is 6.08 Å². The third kappa shape index (κ3) is 2.62. The molecule has 0 radical (unpaired) electrons. The van der Waals surface area contributed by atoms with Crippen LogP contribution in [0.5, 0.6) is 0 Å².